The van der Waals surface area contributed by atoms with Crippen molar-refractivity contribution in [3.63, 3.8) is 0 Å². The summed E-state index contributed by atoms with van der Waals surface area (Å²) >= 11 is 3.51. The zero-order chi connectivity index (χ0) is 11.3. The van der Waals surface area contributed by atoms with Crippen LogP contribution in [0.2, 0.25) is 0 Å². The number of nitrogens with one attached hydrogen (secondary N) is 2. The molecule has 2 nitrogen and oxygen atoms in total. The monoisotopic (exact) mass is 270 g/mol. The van der Waals surface area contributed by atoms with E-state index >= 15 is 0 Å². The molecule has 0 aliphatic heterocycles. The van der Waals surface area contributed by atoms with Crippen molar-refractivity contribution in [2.45, 2.75) is 19.9 Å². The van der Waals surface area contributed by atoms with Crippen LogP contribution in [0.15, 0.2) is 22.7 Å². The lowest BCUT2D eigenvalue weighted by atomic mass is 10.0. The second kappa shape index (κ2) is 6.26. The van der Waals surface area contributed by atoms with Crippen LogP contribution in [0.5, 0.6) is 0 Å². The zero-order valence-corrected chi connectivity index (χ0v) is 11.2. The maximum Gasteiger partial charge on any atom is 0.0447 e. The lowest BCUT2D eigenvalue weighted by Crippen LogP contribution is -2.29. The van der Waals surface area contributed by atoms with Crippen molar-refractivity contribution in [2.75, 3.05) is 20.1 Å². The highest BCUT2D eigenvalue weighted by atomic mass is 79.9. The molecule has 0 aliphatic rings. The summed E-state index contributed by atoms with van der Waals surface area (Å²) in [5.74, 6) is 0. The Morgan fingerprint density at radius 1 is 1.40 bits per heavy atom. The van der Waals surface area contributed by atoms with E-state index in [-0.39, 0.29) is 0 Å². The van der Waals surface area contributed by atoms with E-state index in [2.05, 4.69) is 58.6 Å². The van der Waals surface area contributed by atoms with Gasteiger partial charge in [-0.15, -0.1) is 0 Å². The molecule has 0 radical (unpaired) electrons. The summed E-state index contributed by atoms with van der Waals surface area (Å²) in [6, 6.07) is 6.80. The molecule has 0 saturated heterocycles. The third-order valence-corrected chi connectivity index (χ3v) is 3.06. The summed E-state index contributed by atoms with van der Waals surface area (Å²) in [6.07, 6.45) is 0. The Balaban J connectivity index is 2.85. The van der Waals surface area contributed by atoms with Crippen molar-refractivity contribution in [3.05, 3.63) is 33.8 Å². The minimum absolute atomic E-state index is 0.377. The Kier molecular flexibility index (Phi) is 5.29. The summed E-state index contributed by atoms with van der Waals surface area (Å²) in [5, 5.41) is 6.70. The van der Waals surface area contributed by atoms with Gasteiger partial charge in [-0.05, 0) is 43.8 Å². The summed E-state index contributed by atoms with van der Waals surface area (Å²) in [6.45, 7) is 6.24. The van der Waals surface area contributed by atoms with Crippen LogP contribution in [0.25, 0.3) is 0 Å². The van der Waals surface area contributed by atoms with Crippen LogP contribution >= 0.6 is 15.9 Å². The van der Waals surface area contributed by atoms with Gasteiger partial charge in [-0.25, -0.2) is 0 Å². The number of hydrogen-bond donors (Lipinski definition) is 2. The summed E-state index contributed by atoms with van der Waals surface area (Å²) in [7, 11) is 2.00. The molecule has 2 N–H and O–H groups in total. The van der Waals surface area contributed by atoms with E-state index in [0.29, 0.717) is 6.04 Å². The summed E-state index contributed by atoms with van der Waals surface area (Å²) in [5.41, 5.74) is 2.68. The molecule has 15 heavy (non-hydrogen) atoms. The Morgan fingerprint density at radius 2 is 2.13 bits per heavy atom. The fourth-order valence-corrected chi connectivity index (χ4v) is 2.02. The predicted molar refractivity (Wildman–Crippen MR) is 69.2 cm³/mol. The molecule has 0 spiro atoms. The topological polar surface area (TPSA) is 24.1 Å². The molecule has 0 bridgehead atoms. The van der Waals surface area contributed by atoms with E-state index in [1.54, 1.807) is 0 Å². The van der Waals surface area contributed by atoms with Gasteiger partial charge in [0.25, 0.3) is 0 Å². The fourth-order valence-electron chi connectivity index (χ4n) is 1.64. The van der Waals surface area contributed by atoms with E-state index in [1.807, 2.05) is 7.05 Å². The molecule has 0 aromatic heterocycles. The lowest BCUT2D eigenvalue weighted by Gasteiger charge is -2.19. The van der Waals surface area contributed by atoms with Crippen LogP contribution in [0.4, 0.5) is 0 Å². The van der Waals surface area contributed by atoms with E-state index in [0.717, 1.165) is 17.6 Å². The van der Waals surface area contributed by atoms with E-state index in [1.165, 1.54) is 11.1 Å². The molecular formula is C12H19BrN2. The Labute approximate surface area is 101 Å². The van der Waals surface area contributed by atoms with Crippen molar-refractivity contribution in [1.82, 2.24) is 10.6 Å². The first-order chi connectivity index (χ1) is 7.19. The Hall–Kier alpha value is -0.380. The first-order valence-electron chi connectivity index (χ1n) is 5.33. The van der Waals surface area contributed by atoms with Gasteiger partial charge in [-0.1, -0.05) is 28.9 Å². The van der Waals surface area contributed by atoms with Gasteiger partial charge < -0.3 is 10.6 Å². The molecule has 0 amide bonds. The molecule has 0 heterocycles. The quantitative estimate of drug-likeness (QED) is 0.860. The molecule has 0 fully saturated rings. The molecule has 84 valence electrons. The Morgan fingerprint density at radius 3 is 2.73 bits per heavy atom. The molecule has 1 atom stereocenters. The number of hydrogen-bond acceptors (Lipinski definition) is 2. The van der Waals surface area contributed by atoms with Gasteiger partial charge in [0.1, 0.15) is 0 Å². The van der Waals surface area contributed by atoms with Crippen LogP contribution in [0.3, 0.4) is 0 Å². The highest BCUT2D eigenvalue weighted by Crippen LogP contribution is 2.21. The standard InChI is InChI=1S/C12H19BrN2/c1-4-15-8-12(14-3)11-7-10(13)6-5-9(11)2/h5-7,12,14-15H,4,8H2,1-3H3. The molecule has 1 rings (SSSR count). The third kappa shape index (κ3) is 3.59. The largest absolute Gasteiger partial charge is 0.315 e. The van der Waals surface area contributed by atoms with Crippen molar-refractivity contribution < 1.29 is 0 Å². The second-order valence-electron chi connectivity index (χ2n) is 3.65. The first-order valence-corrected chi connectivity index (χ1v) is 6.12. The van der Waals surface area contributed by atoms with Crippen molar-refractivity contribution in [3.8, 4) is 0 Å². The summed E-state index contributed by atoms with van der Waals surface area (Å²) in [4.78, 5) is 0. The smallest absolute Gasteiger partial charge is 0.0447 e. The van der Waals surface area contributed by atoms with Crippen molar-refractivity contribution in [2.24, 2.45) is 0 Å². The molecule has 0 saturated carbocycles. The van der Waals surface area contributed by atoms with Gasteiger partial charge in [0.2, 0.25) is 0 Å². The normalized spacial score (nSPS) is 12.8. The SMILES string of the molecule is CCNCC(NC)c1cc(Br)ccc1C. The van der Waals surface area contributed by atoms with E-state index < -0.39 is 0 Å². The number of halogens is 1. The minimum atomic E-state index is 0.377. The van der Waals surface area contributed by atoms with Crippen LogP contribution < -0.4 is 10.6 Å². The van der Waals surface area contributed by atoms with Crippen LogP contribution in [0.1, 0.15) is 24.1 Å². The maximum atomic E-state index is 3.51. The number of rotatable bonds is 5. The fraction of sp³-hybridized carbons (Fsp3) is 0.500. The molecule has 1 aromatic carbocycles. The second-order valence-corrected chi connectivity index (χ2v) is 4.57. The highest BCUT2D eigenvalue weighted by Gasteiger charge is 2.11. The van der Waals surface area contributed by atoms with Crippen molar-refractivity contribution in [1.29, 1.82) is 0 Å². The van der Waals surface area contributed by atoms with Crippen LogP contribution in [-0.2, 0) is 0 Å². The van der Waals surface area contributed by atoms with Gasteiger partial charge >= 0.3 is 0 Å². The number of benzene rings is 1. The van der Waals surface area contributed by atoms with Crippen LogP contribution in [-0.4, -0.2) is 20.1 Å². The predicted octanol–water partition coefficient (Wildman–Crippen LogP) is 2.63. The van der Waals surface area contributed by atoms with Gasteiger partial charge in [0, 0.05) is 17.1 Å². The lowest BCUT2D eigenvalue weighted by molar-refractivity contribution is 0.536. The van der Waals surface area contributed by atoms with Crippen molar-refractivity contribution >= 4 is 15.9 Å². The molecule has 1 aromatic rings. The molecular weight excluding hydrogens is 252 g/mol. The maximum absolute atomic E-state index is 3.51. The van der Waals surface area contributed by atoms with Crippen LogP contribution in [0, 0.1) is 6.92 Å². The average Bonchev–Trinajstić information content (AvgIpc) is 2.24. The third-order valence-electron chi connectivity index (χ3n) is 2.56. The molecule has 0 aliphatic carbocycles. The first kappa shape index (κ1) is 12.7. The summed E-state index contributed by atoms with van der Waals surface area (Å²) < 4.78 is 1.14. The average molecular weight is 271 g/mol. The van der Waals surface area contributed by atoms with Gasteiger partial charge in [0.15, 0.2) is 0 Å². The van der Waals surface area contributed by atoms with Gasteiger partial charge in [-0.3, -0.25) is 0 Å². The van der Waals surface area contributed by atoms with Gasteiger partial charge in [-0.2, -0.15) is 0 Å². The minimum Gasteiger partial charge on any atom is -0.315 e. The molecule has 3 heteroatoms. The number of aryl methyl sites for hydroxylation is 1. The number of likely N-dealkylation sites (N-methyl/N-ethyl adjacent to an activating group) is 2. The zero-order valence-electron chi connectivity index (χ0n) is 9.60. The Bertz CT molecular complexity index is 312. The van der Waals surface area contributed by atoms with E-state index in [4.69, 9.17) is 0 Å². The van der Waals surface area contributed by atoms with Gasteiger partial charge in [0.05, 0.1) is 0 Å². The highest BCUT2D eigenvalue weighted by molar-refractivity contribution is 9.10. The molecule has 1 unspecified atom stereocenters. The van der Waals surface area contributed by atoms with E-state index in [9.17, 15) is 0 Å².